The molecule has 72 heavy (non-hydrogen) atoms. The summed E-state index contributed by atoms with van der Waals surface area (Å²) in [6.45, 7) is 6.60. The maximum Gasteiger partial charge on any atom is 0.306 e. The Hall–Kier alpha value is -2.37. The fourth-order valence-electron chi connectivity index (χ4n) is 9.64. The zero-order valence-electron chi connectivity index (χ0n) is 48.5. The zero-order chi connectivity index (χ0) is 52.2. The average molecular weight is 1010 g/mol. The molecule has 0 saturated heterocycles. The first-order valence-corrected chi connectivity index (χ1v) is 32.0. The molecule has 6 nitrogen and oxygen atoms in total. The number of allylic oxidation sites excluding steroid dienone is 6. The largest absolute Gasteiger partial charge is 0.462 e. The fraction of sp³-hybridized carbons (Fsp3) is 0.864. The Bertz CT molecular complexity index is 1210. The van der Waals surface area contributed by atoms with Crippen LogP contribution < -0.4 is 0 Å². The van der Waals surface area contributed by atoms with Crippen LogP contribution in [0.2, 0.25) is 0 Å². The van der Waals surface area contributed by atoms with Crippen molar-refractivity contribution in [3.63, 3.8) is 0 Å². The smallest absolute Gasteiger partial charge is 0.306 e. The number of carbonyl (C=O) groups excluding carboxylic acids is 3. The van der Waals surface area contributed by atoms with Gasteiger partial charge in [-0.25, -0.2) is 0 Å². The summed E-state index contributed by atoms with van der Waals surface area (Å²) in [6, 6.07) is 0. The van der Waals surface area contributed by atoms with E-state index in [1.54, 1.807) is 0 Å². The van der Waals surface area contributed by atoms with Crippen molar-refractivity contribution in [3.05, 3.63) is 36.5 Å². The van der Waals surface area contributed by atoms with Gasteiger partial charge in [0.15, 0.2) is 6.10 Å². The van der Waals surface area contributed by atoms with Gasteiger partial charge in [-0.05, 0) is 51.4 Å². The van der Waals surface area contributed by atoms with Crippen LogP contribution in [0.25, 0.3) is 0 Å². The highest BCUT2D eigenvalue weighted by Crippen LogP contribution is 2.18. The molecule has 0 saturated carbocycles. The Morgan fingerprint density at radius 1 is 0.292 bits per heavy atom. The first-order valence-electron chi connectivity index (χ1n) is 32.0. The van der Waals surface area contributed by atoms with Crippen LogP contribution in [0.5, 0.6) is 0 Å². The molecular formula is C66H122O6. The summed E-state index contributed by atoms with van der Waals surface area (Å²) < 4.78 is 17.0. The maximum absolute atomic E-state index is 12.9. The summed E-state index contributed by atoms with van der Waals surface area (Å²) in [5, 5.41) is 0. The number of carbonyl (C=O) groups is 3. The highest BCUT2D eigenvalue weighted by atomic mass is 16.6. The number of unbranched alkanes of at least 4 members (excludes halogenated alkanes) is 42. The van der Waals surface area contributed by atoms with Gasteiger partial charge in [-0.15, -0.1) is 0 Å². The number of rotatable bonds is 59. The third kappa shape index (κ3) is 58.5. The van der Waals surface area contributed by atoms with Crippen LogP contribution in [0, 0.1) is 0 Å². The fourth-order valence-corrected chi connectivity index (χ4v) is 9.64. The lowest BCUT2D eigenvalue weighted by Crippen LogP contribution is -2.30. The van der Waals surface area contributed by atoms with E-state index in [0.717, 1.165) is 77.0 Å². The summed E-state index contributed by atoms with van der Waals surface area (Å²) in [6.07, 6.45) is 74.3. The van der Waals surface area contributed by atoms with E-state index in [4.69, 9.17) is 14.2 Å². The topological polar surface area (TPSA) is 78.9 Å². The van der Waals surface area contributed by atoms with Gasteiger partial charge in [-0.3, -0.25) is 14.4 Å². The predicted molar refractivity (Wildman–Crippen MR) is 312 cm³/mol. The van der Waals surface area contributed by atoms with Crippen LogP contribution in [0.3, 0.4) is 0 Å². The molecule has 0 aromatic carbocycles. The van der Waals surface area contributed by atoms with Crippen LogP contribution in [0.15, 0.2) is 36.5 Å². The minimum Gasteiger partial charge on any atom is -0.462 e. The molecule has 0 aliphatic heterocycles. The first kappa shape index (κ1) is 69.6. The lowest BCUT2D eigenvalue weighted by molar-refractivity contribution is -0.167. The Kier molecular flexibility index (Phi) is 59.2. The van der Waals surface area contributed by atoms with E-state index in [-0.39, 0.29) is 31.1 Å². The van der Waals surface area contributed by atoms with Crippen molar-refractivity contribution in [3.8, 4) is 0 Å². The molecule has 1 unspecified atom stereocenters. The number of hydrogen-bond acceptors (Lipinski definition) is 6. The van der Waals surface area contributed by atoms with Gasteiger partial charge in [0.25, 0.3) is 0 Å². The second kappa shape index (κ2) is 61.2. The third-order valence-corrected chi connectivity index (χ3v) is 14.4. The minimum absolute atomic E-state index is 0.0678. The molecule has 0 radical (unpaired) electrons. The molecule has 422 valence electrons. The van der Waals surface area contributed by atoms with E-state index < -0.39 is 6.10 Å². The van der Waals surface area contributed by atoms with Gasteiger partial charge < -0.3 is 14.2 Å². The Balaban J connectivity index is 4.32. The Morgan fingerprint density at radius 2 is 0.542 bits per heavy atom. The van der Waals surface area contributed by atoms with Crippen molar-refractivity contribution < 1.29 is 28.6 Å². The number of ether oxygens (including phenoxy) is 3. The molecule has 0 aromatic heterocycles. The molecule has 0 aliphatic rings. The molecule has 0 spiro atoms. The normalized spacial score (nSPS) is 12.2. The number of esters is 3. The summed E-state index contributed by atoms with van der Waals surface area (Å²) in [5.74, 6) is -0.846. The maximum atomic E-state index is 12.9. The second-order valence-electron chi connectivity index (χ2n) is 21.7. The summed E-state index contributed by atoms with van der Waals surface area (Å²) >= 11 is 0. The van der Waals surface area contributed by atoms with Crippen LogP contribution in [-0.4, -0.2) is 37.2 Å². The van der Waals surface area contributed by atoms with Crippen molar-refractivity contribution in [2.45, 2.75) is 354 Å². The molecule has 0 bridgehead atoms. The highest BCUT2D eigenvalue weighted by Gasteiger charge is 2.19. The van der Waals surface area contributed by atoms with Crippen LogP contribution in [0.4, 0.5) is 0 Å². The van der Waals surface area contributed by atoms with Gasteiger partial charge in [-0.1, -0.05) is 314 Å². The Morgan fingerprint density at radius 3 is 0.847 bits per heavy atom. The van der Waals surface area contributed by atoms with Gasteiger partial charge in [0.2, 0.25) is 0 Å². The van der Waals surface area contributed by atoms with E-state index >= 15 is 0 Å². The molecule has 0 aromatic rings. The average Bonchev–Trinajstić information content (AvgIpc) is 3.38. The highest BCUT2D eigenvalue weighted by molar-refractivity contribution is 5.71. The van der Waals surface area contributed by atoms with E-state index in [1.165, 1.54) is 231 Å². The molecule has 0 aliphatic carbocycles. The van der Waals surface area contributed by atoms with E-state index in [1.807, 2.05) is 0 Å². The van der Waals surface area contributed by atoms with Crippen molar-refractivity contribution in [2.75, 3.05) is 13.2 Å². The monoisotopic (exact) mass is 1010 g/mol. The minimum atomic E-state index is -0.771. The van der Waals surface area contributed by atoms with Crippen molar-refractivity contribution in [1.82, 2.24) is 0 Å². The van der Waals surface area contributed by atoms with E-state index in [2.05, 4.69) is 57.2 Å². The molecule has 0 N–H and O–H groups in total. The molecule has 6 heteroatoms. The van der Waals surface area contributed by atoms with Crippen LogP contribution in [-0.2, 0) is 28.6 Å². The van der Waals surface area contributed by atoms with Crippen molar-refractivity contribution >= 4 is 17.9 Å². The van der Waals surface area contributed by atoms with Gasteiger partial charge in [0.1, 0.15) is 13.2 Å². The summed E-state index contributed by atoms with van der Waals surface area (Å²) in [4.78, 5) is 38.3. The second-order valence-corrected chi connectivity index (χ2v) is 21.7. The van der Waals surface area contributed by atoms with Gasteiger partial charge in [-0.2, -0.15) is 0 Å². The Labute approximate surface area is 448 Å². The zero-order valence-corrected chi connectivity index (χ0v) is 48.5. The summed E-state index contributed by atoms with van der Waals surface area (Å²) in [7, 11) is 0. The van der Waals surface area contributed by atoms with Crippen LogP contribution in [0.1, 0.15) is 348 Å². The molecule has 0 fully saturated rings. The van der Waals surface area contributed by atoms with Crippen LogP contribution >= 0.6 is 0 Å². The quantitative estimate of drug-likeness (QED) is 0.0261. The standard InChI is InChI=1S/C66H122O6/c1-4-7-10-13-16-19-22-25-28-31-33-36-38-41-44-47-50-53-56-59-65(68)71-62-63(61-70-64(67)58-55-52-49-46-43-40-37-34-30-27-24-21-18-15-12-9-6-3)72-66(69)60-57-54-51-48-45-42-39-35-32-29-26-23-20-17-14-11-8-5-2/h7,10,16,19,25,28,63H,4-6,8-9,11-15,17-18,20-24,26-27,29-62H2,1-3H3/b10-7-,19-16-,28-25-. The van der Waals surface area contributed by atoms with Gasteiger partial charge in [0.05, 0.1) is 0 Å². The molecule has 0 amide bonds. The van der Waals surface area contributed by atoms with Crippen molar-refractivity contribution in [1.29, 1.82) is 0 Å². The third-order valence-electron chi connectivity index (χ3n) is 14.4. The molecule has 1 atom stereocenters. The van der Waals surface area contributed by atoms with Gasteiger partial charge >= 0.3 is 17.9 Å². The lowest BCUT2D eigenvalue weighted by Gasteiger charge is -2.18. The first-order chi connectivity index (χ1) is 35.5. The van der Waals surface area contributed by atoms with E-state index in [9.17, 15) is 14.4 Å². The molecular weight excluding hydrogens is 889 g/mol. The lowest BCUT2D eigenvalue weighted by atomic mass is 10.0. The van der Waals surface area contributed by atoms with Crippen molar-refractivity contribution in [2.24, 2.45) is 0 Å². The summed E-state index contributed by atoms with van der Waals surface area (Å²) in [5.41, 5.74) is 0. The van der Waals surface area contributed by atoms with E-state index in [0.29, 0.717) is 19.3 Å². The predicted octanol–water partition coefficient (Wildman–Crippen LogP) is 21.6. The molecule has 0 rings (SSSR count). The SMILES string of the molecule is CC/C=C\C/C=C\C/C=C\CCCCCCCCCCCC(=O)OCC(COC(=O)CCCCCCCCCCCCCCCCCCC)OC(=O)CCCCCCCCCCCCCCCCCCCC. The number of hydrogen-bond donors (Lipinski definition) is 0. The molecule has 0 heterocycles. The van der Waals surface area contributed by atoms with Gasteiger partial charge in [0, 0.05) is 19.3 Å².